The van der Waals surface area contributed by atoms with Crippen LogP contribution in [0.4, 0.5) is 5.82 Å². The zero-order valence-electron chi connectivity index (χ0n) is 15.4. The van der Waals surface area contributed by atoms with E-state index in [-0.39, 0.29) is 5.75 Å². The Bertz CT molecular complexity index is 1150. The summed E-state index contributed by atoms with van der Waals surface area (Å²) in [6.07, 6.45) is 3.04. The SMILES string of the molecule is COc1ccc(O)c(/C=N/Nc2ncnc3scc(-c4ccc(C)cc4)c23)c1. The number of aryl methyl sites for hydroxylation is 1. The molecule has 2 aromatic heterocycles. The number of phenols is 1. The average Bonchev–Trinajstić information content (AvgIpc) is 3.15. The van der Waals surface area contributed by atoms with Gasteiger partial charge in [-0.25, -0.2) is 9.97 Å². The van der Waals surface area contributed by atoms with Crippen LogP contribution in [-0.4, -0.2) is 28.4 Å². The molecule has 2 aromatic carbocycles. The third kappa shape index (κ3) is 3.52. The molecule has 0 unspecified atom stereocenters. The van der Waals surface area contributed by atoms with E-state index in [1.807, 2.05) is 0 Å². The van der Waals surface area contributed by atoms with Crippen LogP contribution in [0.15, 0.2) is 59.3 Å². The minimum absolute atomic E-state index is 0.120. The Kier molecular flexibility index (Phi) is 4.90. The predicted molar refractivity (Wildman–Crippen MR) is 113 cm³/mol. The number of ether oxygens (including phenoxy) is 1. The van der Waals surface area contributed by atoms with E-state index in [2.05, 4.69) is 57.1 Å². The van der Waals surface area contributed by atoms with E-state index in [1.54, 1.807) is 36.6 Å². The number of aromatic hydroxyl groups is 1. The van der Waals surface area contributed by atoms with Crippen molar-refractivity contribution in [3.63, 3.8) is 0 Å². The van der Waals surface area contributed by atoms with Crippen molar-refractivity contribution in [3.05, 3.63) is 65.3 Å². The first-order valence-electron chi connectivity index (χ1n) is 8.61. The van der Waals surface area contributed by atoms with Crippen LogP contribution >= 0.6 is 11.3 Å². The van der Waals surface area contributed by atoms with Gasteiger partial charge in [-0.05, 0) is 30.7 Å². The van der Waals surface area contributed by atoms with Crippen LogP contribution in [0.2, 0.25) is 0 Å². The van der Waals surface area contributed by atoms with E-state index in [0.717, 1.165) is 21.3 Å². The van der Waals surface area contributed by atoms with Gasteiger partial charge in [-0.15, -0.1) is 11.3 Å². The van der Waals surface area contributed by atoms with Gasteiger partial charge in [0.05, 0.1) is 18.7 Å². The van der Waals surface area contributed by atoms with Gasteiger partial charge in [-0.1, -0.05) is 29.8 Å². The number of hydrogen-bond donors (Lipinski definition) is 2. The van der Waals surface area contributed by atoms with Crippen molar-refractivity contribution in [2.75, 3.05) is 12.5 Å². The minimum atomic E-state index is 0.120. The van der Waals surface area contributed by atoms with Gasteiger partial charge in [-0.3, -0.25) is 5.43 Å². The monoisotopic (exact) mass is 390 g/mol. The third-order valence-corrected chi connectivity index (χ3v) is 5.23. The number of thiophene rings is 1. The number of anilines is 1. The number of nitrogens with one attached hydrogen (secondary N) is 1. The second-order valence-corrected chi connectivity index (χ2v) is 7.07. The molecule has 2 heterocycles. The summed E-state index contributed by atoms with van der Waals surface area (Å²) in [6.45, 7) is 2.06. The van der Waals surface area contributed by atoms with Gasteiger partial charge in [0.2, 0.25) is 0 Å². The van der Waals surface area contributed by atoms with Crippen LogP contribution in [0, 0.1) is 6.92 Å². The Morgan fingerprint density at radius 3 is 2.75 bits per heavy atom. The number of phenolic OH excluding ortho intramolecular Hbond substituents is 1. The molecule has 0 amide bonds. The van der Waals surface area contributed by atoms with Gasteiger partial charge in [0.1, 0.15) is 22.7 Å². The number of rotatable bonds is 5. The van der Waals surface area contributed by atoms with E-state index in [1.165, 1.54) is 18.1 Å². The molecular formula is C21H18N4O2S. The van der Waals surface area contributed by atoms with Gasteiger partial charge in [-0.2, -0.15) is 5.10 Å². The molecule has 6 nitrogen and oxygen atoms in total. The molecular weight excluding hydrogens is 372 g/mol. The Hall–Kier alpha value is -3.45. The second kappa shape index (κ2) is 7.66. The molecule has 0 atom stereocenters. The molecule has 0 aliphatic rings. The van der Waals surface area contributed by atoms with Crippen LogP contribution in [-0.2, 0) is 0 Å². The molecule has 28 heavy (non-hydrogen) atoms. The maximum absolute atomic E-state index is 9.98. The van der Waals surface area contributed by atoms with Gasteiger partial charge in [0, 0.05) is 16.5 Å². The van der Waals surface area contributed by atoms with E-state index < -0.39 is 0 Å². The van der Waals surface area contributed by atoms with Crippen LogP contribution in [0.3, 0.4) is 0 Å². The van der Waals surface area contributed by atoms with Gasteiger partial charge in [0.25, 0.3) is 0 Å². The molecule has 0 saturated carbocycles. The fourth-order valence-electron chi connectivity index (χ4n) is 2.83. The number of hydrogen-bond acceptors (Lipinski definition) is 7. The van der Waals surface area contributed by atoms with Crippen molar-refractivity contribution in [3.8, 4) is 22.6 Å². The van der Waals surface area contributed by atoms with Gasteiger partial charge in [0.15, 0.2) is 5.82 Å². The first kappa shape index (κ1) is 17.9. The number of fused-ring (bicyclic) bond motifs is 1. The Labute approximate surface area is 166 Å². The summed E-state index contributed by atoms with van der Waals surface area (Å²) in [6, 6.07) is 13.3. The lowest BCUT2D eigenvalue weighted by Crippen LogP contribution is -1.96. The fraction of sp³-hybridized carbons (Fsp3) is 0.0952. The topological polar surface area (TPSA) is 79.6 Å². The molecule has 0 bridgehead atoms. The highest BCUT2D eigenvalue weighted by molar-refractivity contribution is 7.17. The lowest BCUT2D eigenvalue weighted by Gasteiger charge is -2.06. The first-order chi connectivity index (χ1) is 13.7. The van der Waals surface area contributed by atoms with Crippen LogP contribution in [0.1, 0.15) is 11.1 Å². The highest BCUT2D eigenvalue weighted by Crippen LogP contribution is 2.36. The number of nitrogens with zero attached hydrogens (tertiary/aromatic N) is 3. The molecule has 0 radical (unpaired) electrons. The van der Waals surface area contributed by atoms with Crippen molar-refractivity contribution in [2.45, 2.75) is 6.92 Å². The molecule has 7 heteroatoms. The van der Waals surface area contributed by atoms with Crippen molar-refractivity contribution in [1.82, 2.24) is 9.97 Å². The summed E-state index contributed by atoms with van der Waals surface area (Å²) in [5.74, 6) is 1.37. The van der Waals surface area contributed by atoms with Gasteiger partial charge >= 0.3 is 0 Å². The third-order valence-electron chi connectivity index (χ3n) is 4.34. The molecule has 0 saturated heterocycles. The normalized spacial score (nSPS) is 11.2. The summed E-state index contributed by atoms with van der Waals surface area (Å²) in [5, 5.41) is 17.2. The maximum atomic E-state index is 9.98. The maximum Gasteiger partial charge on any atom is 0.159 e. The smallest absolute Gasteiger partial charge is 0.159 e. The second-order valence-electron chi connectivity index (χ2n) is 6.21. The van der Waals surface area contributed by atoms with Gasteiger partial charge < -0.3 is 9.84 Å². The van der Waals surface area contributed by atoms with E-state index in [0.29, 0.717) is 17.1 Å². The zero-order chi connectivity index (χ0) is 19.5. The average molecular weight is 390 g/mol. The lowest BCUT2D eigenvalue weighted by molar-refractivity contribution is 0.412. The van der Waals surface area contributed by atoms with Crippen molar-refractivity contribution in [1.29, 1.82) is 0 Å². The molecule has 140 valence electrons. The quantitative estimate of drug-likeness (QED) is 0.377. The largest absolute Gasteiger partial charge is 0.507 e. The summed E-state index contributed by atoms with van der Waals surface area (Å²) in [7, 11) is 1.58. The molecule has 2 N–H and O–H groups in total. The minimum Gasteiger partial charge on any atom is -0.507 e. The number of hydrazone groups is 1. The van der Waals surface area contributed by atoms with E-state index >= 15 is 0 Å². The van der Waals surface area contributed by atoms with E-state index in [9.17, 15) is 5.11 Å². The van der Waals surface area contributed by atoms with Crippen molar-refractivity contribution in [2.24, 2.45) is 5.10 Å². The first-order valence-corrected chi connectivity index (χ1v) is 9.49. The lowest BCUT2D eigenvalue weighted by atomic mass is 10.0. The molecule has 0 aliphatic carbocycles. The van der Waals surface area contributed by atoms with Crippen LogP contribution in [0.25, 0.3) is 21.3 Å². The summed E-state index contributed by atoms with van der Waals surface area (Å²) >= 11 is 1.56. The fourth-order valence-corrected chi connectivity index (χ4v) is 3.75. The molecule has 4 rings (SSSR count). The number of aromatic nitrogens is 2. The van der Waals surface area contributed by atoms with Crippen LogP contribution < -0.4 is 10.2 Å². The Balaban J connectivity index is 1.68. The summed E-state index contributed by atoms with van der Waals surface area (Å²) < 4.78 is 5.18. The molecule has 0 spiro atoms. The molecule has 0 fully saturated rings. The number of methoxy groups -OCH3 is 1. The Morgan fingerprint density at radius 2 is 1.96 bits per heavy atom. The molecule has 0 aliphatic heterocycles. The van der Waals surface area contributed by atoms with E-state index in [4.69, 9.17) is 4.74 Å². The van der Waals surface area contributed by atoms with Crippen LogP contribution in [0.5, 0.6) is 11.5 Å². The summed E-state index contributed by atoms with van der Waals surface area (Å²) in [5.41, 5.74) is 6.89. The summed E-state index contributed by atoms with van der Waals surface area (Å²) in [4.78, 5) is 9.60. The Morgan fingerprint density at radius 1 is 1.14 bits per heavy atom. The van der Waals surface area contributed by atoms with Crippen molar-refractivity contribution < 1.29 is 9.84 Å². The highest BCUT2D eigenvalue weighted by Gasteiger charge is 2.12. The number of benzene rings is 2. The highest BCUT2D eigenvalue weighted by atomic mass is 32.1. The zero-order valence-corrected chi connectivity index (χ0v) is 16.2. The molecule has 4 aromatic rings. The van der Waals surface area contributed by atoms with Crippen molar-refractivity contribution >= 4 is 33.6 Å². The predicted octanol–water partition coefficient (Wildman–Crippen LogP) is 4.83. The standard InChI is InChI=1S/C21H18N4O2S/c1-13-3-5-14(6-4-13)17-11-28-21-19(17)20(22-12-23-21)25-24-10-15-9-16(27-2)7-8-18(15)26/h3-12,26H,1-2H3,(H,22,23,25)/b24-10+.